The molecule has 0 aliphatic heterocycles. The number of thiazole rings is 1. The van der Waals surface area contributed by atoms with Crippen molar-refractivity contribution in [2.24, 2.45) is 0 Å². The maximum Gasteiger partial charge on any atom is 0.316 e. The first-order valence-corrected chi connectivity index (χ1v) is 9.67. The average Bonchev–Trinajstić information content (AvgIpc) is 3.37. The zero-order valence-corrected chi connectivity index (χ0v) is 16.3. The van der Waals surface area contributed by atoms with E-state index in [1.807, 2.05) is 67.8 Å². The van der Waals surface area contributed by atoms with Gasteiger partial charge in [0.1, 0.15) is 0 Å². The third kappa shape index (κ3) is 3.84. The zero-order chi connectivity index (χ0) is 19.5. The highest BCUT2D eigenvalue weighted by molar-refractivity contribution is 7.09. The quantitative estimate of drug-likeness (QED) is 0.546. The summed E-state index contributed by atoms with van der Waals surface area (Å²) in [6.45, 7) is 4.38. The Morgan fingerprint density at radius 3 is 2.68 bits per heavy atom. The van der Waals surface area contributed by atoms with Crippen molar-refractivity contribution in [2.45, 2.75) is 20.4 Å². The summed E-state index contributed by atoms with van der Waals surface area (Å²) in [5.74, 6) is -0.0818. The monoisotopic (exact) mass is 390 g/mol. The van der Waals surface area contributed by atoms with E-state index < -0.39 is 5.91 Å². The molecule has 1 N–H and O–H groups in total. The van der Waals surface area contributed by atoms with Gasteiger partial charge < -0.3 is 9.84 Å². The third-order valence-corrected chi connectivity index (χ3v) is 5.13. The summed E-state index contributed by atoms with van der Waals surface area (Å²) in [5.41, 5.74) is 4.80. The number of hydrogen-bond acceptors (Lipinski definition) is 6. The molecule has 0 spiro atoms. The van der Waals surface area contributed by atoms with Crippen molar-refractivity contribution in [3.63, 3.8) is 0 Å². The van der Waals surface area contributed by atoms with Gasteiger partial charge >= 0.3 is 11.8 Å². The minimum atomic E-state index is -0.395. The Morgan fingerprint density at radius 2 is 1.89 bits per heavy atom. The lowest BCUT2D eigenvalue weighted by Crippen LogP contribution is -2.23. The molecule has 0 radical (unpaired) electrons. The number of benzene rings is 2. The molecule has 0 saturated carbocycles. The second-order valence-corrected chi connectivity index (χ2v) is 7.43. The van der Waals surface area contributed by atoms with Crippen LogP contribution in [0.25, 0.3) is 22.6 Å². The lowest BCUT2D eigenvalue weighted by atomic mass is 10.1. The van der Waals surface area contributed by atoms with Gasteiger partial charge in [-0.2, -0.15) is 4.98 Å². The van der Waals surface area contributed by atoms with E-state index in [1.165, 1.54) is 0 Å². The Hall–Kier alpha value is -3.32. The number of aromatic nitrogens is 3. The van der Waals surface area contributed by atoms with Crippen LogP contribution in [0.1, 0.15) is 26.8 Å². The van der Waals surface area contributed by atoms with Gasteiger partial charge in [0.05, 0.1) is 10.7 Å². The highest BCUT2D eigenvalue weighted by atomic mass is 32.1. The molecule has 0 atom stereocenters. The van der Waals surface area contributed by atoms with Gasteiger partial charge in [0, 0.05) is 23.1 Å². The summed E-state index contributed by atoms with van der Waals surface area (Å²) in [5, 5.41) is 9.79. The van der Waals surface area contributed by atoms with Gasteiger partial charge in [-0.3, -0.25) is 4.79 Å². The minimum Gasteiger partial charge on any atom is -0.344 e. The third-order valence-electron chi connectivity index (χ3n) is 4.36. The molecule has 0 saturated heterocycles. The normalized spacial score (nSPS) is 10.8. The van der Waals surface area contributed by atoms with Crippen LogP contribution in [-0.2, 0) is 6.54 Å². The first-order valence-electron chi connectivity index (χ1n) is 8.79. The largest absolute Gasteiger partial charge is 0.344 e. The van der Waals surface area contributed by atoms with Crippen LogP contribution in [0.3, 0.4) is 0 Å². The van der Waals surface area contributed by atoms with E-state index in [0.29, 0.717) is 12.4 Å². The lowest BCUT2D eigenvalue weighted by molar-refractivity contribution is 0.0907. The molecule has 0 fully saturated rings. The highest BCUT2D eigenvalue weighted by Crippen LogP contribution is 2.26. The van der Waals surface area contributed by atoms with Crippen LogP contribution in [0, 0.1) is 13.8 Å². The Balaban J connectivity index is 1.50. The Morgan fingerprint density at radius 1 is 1.07 bits per heavy atom. The zero-order valence-electron chi connectivity index (χ0n) is 15.5. The SMILES string of the molecule is Cc1nc(-c2cccc(-c3noc(C(=O)NCc4ccccc4C)n3)c2)cs1. The van der Waals surface area contributed by atoms with Gasteiger partial charge in [0.15, 0.2) is 0 Å². The molecule has 2 heterocycles. The van der Waals surface area contributed by atoms with E-state index in [-0.39, 0.29) is 5.89 Å². The lowest BCUT2D eigenvalue weighted by Gasteiger charge is -2.05. The molecule has 2 aromatic carbocycles. The number of hydrogen-bond donors (Lipinski definition) is 1. The van der Waals surface area contributed by atoms with E-state index in [9.17, 15) is 4.79 Å². The van der Waals surface area contributed by atoms with Crippen LogP contribution >= 0.6 is 11.3 Å². The van der Waals surface area contributed by atoms with Crippen molar-refractivity contribution in [1.29, 1.82) is 0 Å². The van der Waals surface area contributed by atoms with E-state index in [2.05, 4.69) is 20.4 Å². The summed E-state index contributed by atoms with van der Waals surface area (Å²) < 4.78 is 5.16. The van der Waals surface area contributed by atoms with E-state index >= 15 is 0 Å². The van der Waals surface area contributed by atoms with Gasteiger partial charge in [-0.1, -0.05) is 47.6 Å². The molecule has 2 aromatic heterocycles. The summed E-state index contributed by atoms with van der Waals surface area (Å²) in [4.78, 5) is 21.1. The molecule has 0 bridgehead atoms. The van der Waals surface area contributed by atoms with Crippen LogP contribution in [0.5, 0.6) is 0 Å². The topological polar surface area (TPSA) is 80.9 Å². The average molecular weight is 390 g/mol. The molecule has 0 unspecified atom stereocenters. The first-order chi connectivity index (χ1) is 13.6. The van der Waals surface area contributed by atoms with Gasteiger partial charge in [0.2, 0.25) is 5.82 Å². The Kier molecular flexibility index (Phi) is 4.99. The standard InChI is InChI=1S/C21H18N4O2S/c1-13-6-3-4-7-17(13)11-22-20(26)21-24-19(25-27-21)16-9-5-8-15(10-16)18-12-28-14(2)23-18/h3-10,12H,11H2,1-2H3,(H,22,26). The number of aryl methyl sites for hydroxylation is 2. The summed E-state index contributed by atoms with van der Waals surface area (Å²) in [7, 11) is 0. The van der Waals surface area contributed by atoms with Gasteiger partial charge in [-0.15, -0.1) is 11.3 Å². The van der Waals surface area contributed by atoms with E-state index in [4.69, 9.17) is 4.52 Å². The number of carbonyl (C=O) groups excluding carboxylic acids is 1. The predicted octanol–water partition coefficient (Wildman–Crippen LogP) is 4.41. The van der Waals surface area contributed by atoms with Crippen LogP contribution in [0.2, 0.25) is 0 Å². The maximum atomic E-state index is 12.3. The molecule has 0 aliphatic rings. The minimum absolute atomic E-state index is 0.0570. The molecule has 28 heavy (non-hydrogen) atoms. The first kappa shape index (κ1) is 18.1. The molecular weight excluding hydrogens is 372 g/mol. The van der Waals surface area contributed by atoms with Crippen LogP contribution in [0.4, 0.5) is 0 Å². The molecule has 7 heteroatoms. The summed E-state index contributed by atoms with van der Waals surface area (Å²) >= 11 is 1.60. The maximum absolute atomic E-state index is 12.3. The van der Waals surface area contributed by atoms with Crippen molar-refractivity contribution in [2.75, 3.05) is 0 Å². The number of nitrogens with one attached hydrogen (secondary N) is 1. The fourth-order valence-electron chi connectivity index (χ4n) is 2.81. The molecule has 140 valence electrons. The van der Waals surface area contributed by atoms with Crippen LogP contribution in [-0.4, -0.2) is 21.0 Å². The number of rotatable bonds is 5. The van der Waals surface area contributed by atoms with Crippen molar-refractivity contribution in [3.05, 3.63) is 75.9 Å². The van der Waals surface area contributed by atoms with Crippen molar-refractivity contribution in [1.82, 2.24) is 20.4 Å². The van der Waals surface area contributed by atoms with Crippen molar-refractivity contribution in [3.8, 4) is 22.6 Å². The smallest absolute Gasteiger partial charge is 0.316 e. The molecule has 0 aliphatic carbocycles. The van der Waals surface area contributed by atoms with Crippen molar-refractivity contribution < 1.29 is 9.32 Å². The van der Waals surface area contributed by atoms with E-state index in [1.54, 1.807) is 11.3 Å². The number of nitrogens with zero attached hydrogens (tertiary/aromatic N) is 3. The summed E-state index contributed by atoms with van der Waals surface area (Å²) in [6.07, 6.45) is 0. The number of carbonyl (C=O) groups is 1. The fourth-order valence-corrected chi connectivity index (χ4v) is 3.43. The predicted molar refractivity (Wildman–Crippen MR) is 108 cm³/mol. The van der Waals surface area contributed by atoms with Gasteiger partial charge in [-0.25, -0.2) is 4.98 Å². The molecule has 1 amide bonds. The van der Waals surface area contributed by atoms with Gasteiger partial charge in [0.25, 0.3) is 0 Å². The van der Waals surface area contributed by atoms with Crippen LogP contribution < -0.4 is 5.32 Å². The van der Waals surface area contributed by atoms with Gasteiger partial charge in [-0.05, 0) is 31.0 Å². The van der Waals surface area contributed by atoms with E-state index in [0.717, 1.165) is 33.0 Å². The second-order valence-electron chi connectivity index (χ2n) is 6.36. The van der Waals surface area contributed by atoms with Crippen molar-refractivity contribution >= 4 is 17.2 Å². The molecule has 4 aromatic rings. The second kappa shape index (κ2) is 7.74. The Labute approximate surface area is 166 Å². The Bertz CT molecular complexity index is 1130. The summed E-state index contributed by atoms with van der Waals surface area (Å²) in [6, 6.07) is 15.6. The molecular formula is C21H18N4O2S. The number of amides is 1. The highest BCUT2D eigenvalue weighted by Gasteiger charge is 2.16. The molecule has 6 nitrogen and oxygen atoms in total. The molecule has 4 rings (SSSR count). The fraction of sp³-hybridized carbons (Fsp3) is 0.143. The van der Waals surface area contributed by atoms with Crippen LogP contribution in [0.15, 0.2) is 58.4 Å².